The van der Waals surface area contributed by atoms with Gasteiger partial charge in [0, 0.05) is 5.56 Å². The number of carbonyl (C=O) groups is 1. The zero-order chi connectivity index (χ0) is 21.1. The Bertz CT molecular complexity index is 851. The van der Waals surface area contributed by atoms with Gasteiger partial charge in [0.2, 0.25) is 0 Å². The van der Waals surface area contributed by atoms with E-state index in [1.54, 1.807) is 42.6 Å². The summed E-state index contributed by atoms with van der Waals surface area (Å²) < 4.78 is 17.5. The van der Waals surface area contributed by atoms with E-state index in [-0.39, 0.29) is 5.91 Å². The number of nitrogens with zero attached hydrogens (tertiary/aromatic N) is 1. The van der Waals surface area contributed by atoms with Crippen LogP contribution in [-0.4, -0.2) is 31.9 Å². The number of hydrogen-bond donors (Lipinski definition) is 1. The standard InChI is InChI=1S/C22H25BrN2O4/c1-4-11-28-18-9-7-17(8-10-18)22(26)25-24-15-16-13-19(23)21(29-12-5-2)20(14-16)27-6-3/h5,7-10,13-15H,2,4,6,11-12H2,1,3H3,(H,25,26)/b24-15-. The Morgan fingerprint density at radius 3 is 2.59 bits per heavy atom. The first-order valence-electron chi connectivity index (χ1n) is 9.35. The number of hydrazone groups is 1. The summed E-state index contributed by atoms with van der Waals surface area (Å²) in [6.45, 7) is 9.08. The zero-order valence-corrected chi connectivity index (χ0v) is 18.2. The summed E-state index contributed by atoms with van der Waals surface area (Å²) >= 11 is 3.48. The highest BCUT2D eigenvalue weighted by Crippen LogP contribution is 2.36. The normalized spacial score (nSPS) is 10.6. The molecule has 0 aromatic heterocycles. The van der Waals surface area contributed by atoms with E-state index in [0.29, 0.717) is 36.9 Å². The van der Waals surface area contributed by atoms with Gasteiger partial charge in [-0.25, -0.2) is 5.43 Å². The second-order valence-corrected chi connectivity index (χ2v) is 6.79. The van der Waals surface area contributed by atoms with Crippen LogP contribution in [0.15, 0.2) is 58.6 Å². The molecular weight excluding hydrogens is 436 g/mol. The maximum absolute atomic E-state index is 12.2. The lowest BCUT2D eigenvalue weighted by Gasteiger charge is -2.13. The predicted octanol–water partition coefficient (Wildman–Crippen LogP) is 4.97. The number of benzene rings is 2. The highest BCUT2D eigenvalue weighted by atomic mass is 79.9. The molecule has 154 valence electrons. The SMILES string of the molecule is C=CCOc1c(Br)cc(/C=N\NC(=O)c2ccc(OCCC)cc2)cc1OCC. The molecule has 0 radical (unpaired) electrons. The van der Waals surface area contributed by atoms with Gasteiger partial charge in [0.05, 0.1) is 23.9 Å². The highest BCUT2D eigenvalue weighted by molar-refractivity contribution is 9.10. The molecule has 0 aliphatic rings. The number of ether oxygens (including phenoxy) is 3. The predicted molar refractivity (Wildman–Crippen MR) is 118 cm³/mol. The van der Waals surface area contributed by atoms with Gasteiger partial charge in [0.25, 0.3) is 5.91 Å². The van der Waals surface area contributed by atoms with E-state index in [2.05, 4.69) is 33.0 Å². The van der Waals surface area contributed by atoms with Crippen LogP contribution in [0, 0.1) is 0 Å². The van der Waals surface area contributed by atoms with E-state index in [1.165, 1.54) is 0 Å². The smallest absolute Gasteiger partial charge is 0.271 e. The van der Waals surface area contributed by atoms with E-state index >= 15 is 0 Å². The Morgan fingerprint density at radius 1 is 1.17 bits per heavy atom. The Balaban J connectivity index is 2.05. The minimum atomic E-state index is -0.307. The summed E-state index contributed by atoms with van der Waals surface area (Å²) in [5, 5.41) is 4.03. The molecule has 2 aromatic carbocycles. The fraction of sp³-hybridized carbons (Fsp3) is 0.273. The summed E-state index contributed by atoms with van der Waals surface area (Å²) in [6.07, 6.45) is 4.14. The number of carbonyl (C=O) groups excluding carboxylic acids is 1. The van der Waals surface area contributed by atoms with Crippen LogP contribution in [0.3, 0.4) is 0 Å². The molecule has 29 heavy (non-hydrogen) atoms. The van der Waals surface area contributed by atoms with Crippen molar-refractivity contribution in [3.63, 3.8) is 0 Å². The van der Waals surface area contributed by atoms with Crippen LogP contribution in [-0.2, 0) is 0 Å². The van der Waals surface area contributed by atoms with Crippen molar-refractivity contribution >= 4 is 28.1 Å². The quantitative estimate of drug-likeness (QED) is 0.292. The lowest BCUT2D eigenvalue weighted by atomic mass is 10.2. The van der Waals surface area contributed by atoms with E-state index in [1.807, 2.05) is 19.9 Å². The average molecular weight is 461 g/mol. The third kappa shape index (κ3) is 6.94. The van der Waals surface area contributed by atoms with Crippen molar-refractivity contribution in [2.75, 3.05) is 19.8 Å². The van der Waals surface area contributed by atoms with Crippen LogP contribution in [0.4, 0.5) is 0 Å². The molecule has 0 aliphatic heterocycles. The first kappa shape index (κ1) is 22.5. The molecule has 2 aromatic rings. The molecule has 1 amide bonds. The Hall–Kier alpha value is -2.80. The molecule has 0 aliphatic carbocycles. The summed E-state index contributed by atoms with van der Waals surface area (Å²) in [5.41, 5.74) is 3.76. The maximum atomic E-state index is 12.2. The Morgan fingerprint density at radius 2 is 1.93 bits per heavy atom. The summed E-state index contributed by atoms with van der Waals surface area (Å²) in [6, 6.07) is 10.6. The van der Waals surface area contributed by atoms with Crippen molar-refractivity contribution in [1.29, 1.82) is 0 Å². The summed E-state index contributed by atoms with van der Waals surface area (Å²) in [7, 11) is 0. The van der Waals surface area contributed by atoms with Gasteiger partial charge < -0.3 is 14.2 Å². The molecule has 0 spiro atoms. The molecule has 7 heteroatoms. The van der Waals surface area contributed by atoms with Crippen LogP contribution in [0.25, 0.3) is 0 Å². The van der Waals surface area contributed by atoms with E-state index in [4.69, 9.17) is 14.2 Å². The number of rotatable bonds is 11. The van der Waals surface area contributed by atoms with Crippen molar-refractivity contribution in [3.05, 3.63) is 64.7 Å². The molecule has 0 unspecified atom stereocenters. The number of nitrogens with one attached hydrogen (secondary N) is 1. The number of hydrogen-bond acceptors (Lipinski definition) is 5. The van der Waals surface area contributed by atoms with Crippen LogP contribution in [0.5, 0.6) is 17.2 Å². The maximum Gasteiger partial charge on any atom is 0.271 e. The van der Waals surface area contributed by atoms with Crippen molar-refractivity contribution in [1.82, 2.24) is 5.43 Å². The first-order valence-corrected chi connectivity index (χ1v) is 10.1. The largest absolute Gasteiger partial charge is 0.494 e. The lowest BCUT2D eigenvalue weighted by Crippen LogP contribution is -2.17. The molecule has 2 rings (SSSR count). The van der Waals surface area contributed by atoms with Gasteiger partial charge in [0.15, 0.2) is 11.5 Å². The van der Waals surface area contributed by atoms with E-state index < -0.39 is 0 Å². The van der Waals surface area contributed by atoms with Crippen molar-refractivity contribution < 1.29 is 19.0 Å². The van der Waals surface area contributed by atoms with Gasteiger partial charge in [-0.05, 0) is 71.2 Å². The van der Waals surface area contributed by atoms with Crippen LogP contribution in [0.2, 0.25) is 0 Å². The van der Waals surface area contributed by atoms with E-state index in [9.17, 15) is 4.79 Å². The van der Waals surface area contributed by atoms with Gasteiger partial charge in [-0.2, -0.15) is 5.10 Å². The van der Waals surface area contributed by atoms with Gasteiger partial charge in [-0.1, -0.05) is 19.6 Å². The van der Waals surface area contributed by atoms with Gasteiger partial charge >= 0.3 is 0 Å². The zero-order valence-electron chi connectivity index (χ0n) is 16.6. The molecule has 0 heterocycles. The van der Waals surface area contributed by atoms with Crippen LogP contribution in [0.1, 0.15) is 36.2 Å². The Labute approximate surface area is 179 Å². The molecule has 0 fully saturated rings. The minimum Gasteiger partial charge on any atom is -0.494 e. The van der Waals surface area contributed by atoms with Crippen molar-refractivity contribution in [2.24, 2.45) is 5.10 Å². The van der Waals surface area contributed by atoms with Crippen LogP contribution >= 0.6 is 15.9 Å². The molecule has 6 nitrogen and oxygen atoms in total. The minimum absolute atomic E-state index is 0.307. The Kier molecular flexibility index (Phi) is 9.24. The van der Waals surface area contributed by atoms with Crippen molar-refractivity contribution in [2.45, 2.75) is 20.3 Å². The van der Waals surface area contributed by atoms with Crippen LogP contribution < -0.4 is 19.6 Å². The van der Waals surface area contributed by atoms with Gasteiger partial charge in [-0.3, -0.25) is 4.79 Å². The second-order valence-electron chi connectivity index (χ2n) is 5.93. The lowest BCUT2D eigenvalue weighted by molar-refractivity contribution is 0.0955. The third-order valence-electron chi connectivity index (χ3n) is 3.65. The third-order valence-corrected chi connectivity index (χ3v) is 4.24. The fourth-order valence-corrected chi connectivity index (χ4v) is 2.93. The van der Waals surface area contributed by atoms with Gasteiger partial charge in [-0.15, -0.1) is 0 Å². The topological polar surface area (TPSA) is 69.2 Å². The fourth-order valence-electron chi connectivity index (χ4n) is 2.36. The van der Waals surface area contributed by atoms with Gasteiger partial charge in [0.1, 0.15) is 12.4 Å². The average Bonchev–Trinajstić information content (AvgIpc) is 2.72. The number of amides is 1. The molecule has 0 bridgehead atoms. The second kappa shape index (κ2) is 11.9. The summed E-state index contributed by atoms with van der Waals surface area (Å²) in [5.74, 6) is 1.61. The molecular formula is C22H25BrN2O4. The first-order chi connectivity index (χ1) is 14.1. The molecule has 0 atom stereocenters. The monoisotopic (exact) mass is 460 g/mol. The summed E-state index contributed by atoms with van der Waals surface area (Å²) in [4.78, 5) is 12.2. The molecule has 0 saturated heterocycles. The highest BCUT2D eigenvalue weighted by Gasteiger charge is 2.11. The molecule has 0 saturated carbocycles. The molecule has 1 N–H and O–H groups in total. The van der Waals surface area contributed by atoms with E-state index in [0.717, 1.165) is 22.2 Å². The van der Waals surface area contributed by atoms with Crippen molar-refractivity contribution in [3.8, 4) is 17.2 Å². The number of halogens is 1.